The third-order valence-electron chi connectivity index (χ3n) is 4.56. The SMILES string of the molecule is COc1ccccc1CNS(=O)(=O)c1cn(Cc2ccccc2)nc1C(C)(C)C. The van der Waals surface area contributed by atoms with Gasteiger partial charge in [0.05, 0.1) is 19.3 Å². The quantitative estimate of drug-likeness (QED) is 0.641. The van der Waals surface area contributed by atoms with E-state index in [2.05, 4.69) is 9.82 Å². The first-order valence-electron chi connectivity index (χ1n) is 9.44. The number of nitrogens with zero attached hydrogens (tertiary/aromatic N) is 2. The van der Waals surface area contributed by atoms with Gasteiger partial charge in [0.2, 0.25) is 10.0 Å². The lowest BCUT2D eigenvalue weighted by atomic mass is 9.92. The molecule has 6 nitrogen and oxygen atoms in total. The van der Waals surface area contributed by atoms with Gasteiger partial charge in [0.25, 0.3) is 0 Å². The maximum atomic E-state index is 13.1. The summed E-state index contributed by atoms with van der Waals surface area (Å²) in [4.78, 5) is 0.204. The molecule has 154 valence electrons. The molecule has 0 radical (unpaired) electrons. The van der Waals surface area contributed by atoms with Gasteiger partial charge in [0, 0.05) is 23.7 Å². The third kappa shape index (κ3) is 5.05. The molecular formula is C22H27N3O3S. The number of methoxy groups -OCH3 is 1. The molecule has 0 fully saturated rings. The fourth-order valence-electron chi connectivity index (χ4n) is 3.07. The summed E-state index contributed by atoms with van der Waals surface area (Å²) in [5.74, 6) is 0.644. The molecular weight excluding hydrogens is 386 g/mol. The second-order valence-corrected chi connectivity index (χ2v) is 9.65. The van der Waals surface area contributed by atoms with Crippen molar-refractivity contribution in [2.45, 2.75) is 44.2 Å². The minimum atomic E-state index is -3.76. The van der Waals surface area contributed by atoms with Crippen molar-refractivity contribution in [3.8, 4) is 5.75 Å². The first kappa shape index (κ1) is 21.1. The highest BCUT2D eigenvalue weighted by Gasteiger charge is 2.30. The second-order valence-electron chi connectivity index (χ2n) is 7.91. The lowest BCUT2D eigenvalue weighted by Crippen LogP contribution is -2.26. The van der Waals surface area contributed by atoms with Crippen molar-refractivity contribution in [1.29, 1.82) is 0 Å². The average Bonchev–Trinajstić information content (AvgIpc) is 3.13. The van der Waals surface area contributed by atoms with Gasteiger partial charge in [-0.2, -0.15) is 5.10 Å². The molecule has 0 saturated carbocycles. The van der Waals surface area contributed by atoms with Gasteiger partial charge in [-0.3, -0.25) is 4.68 Å². The Morgan fingerprint density at radius 1 is 1.03 bits per heavy atom. The highest BCUT2D eigenvalue weighted by atomic mass is 32.2. The number of nitrogens with one attached hydrogen (secondary N) is 1. The molecule has 0 aliphatic rings. The molecule has 3 rings (SSSR count). The zero-order chi connectivity index (χ0) is 21.1. The summed E-state index contributed by atoms with van der Waals surface area (Å²) in [5, 5.41) is 4.60. The zero-order valence-corrected chi connectivity index (χ0v) is 18.0. The van der Waals surface area contributed by atoms with E-state index in [1.165, 1.54) is 0 Å². The fourth-order valence-corrected chi connectivity index (χ4v) is 4.43. The van der Waals surface area contributed by atoms with Gasteiger partial charge in [-0.15, -0.1) is 0 Å². The third-order valence-corrected chi connectivity index (χ3v) is 5.96. The molecule has 1 aromatic heterocycles. The monoisotopic (exact) mass is 413 g/mol. The number of ether oxygens (including phenoxy) is 1. The van der Waals surface area contributed by atoms with Crippen LogP contribution >= 0.6 is 0 Å². The second kappa shape index (κ2) is 8.39. The highest BCUT2D eigenvalue weighted by molar-refractivity contribution is 7.89. The van der Waals surface area contributed by atoms with Gasteiger partial charge in [0.15, 0.2) is 0 Å². The molecule has 0 atom stereocenters. The predicted molar refractivity (Wildman–Crippen MR) is 113 cm³/mol. The van der Waals surface area contributed by atoms with Crippen LogP contribution in [0.15, 0.2) is 65.7 Å². The molecule has 0 spiro atoms. The Bertz CT molecular complexity index is 1070. The van der Waals surface area contributed by atoms with Gasteiger partial charge in [-0.05, 0) is 11.6 Å². The summed E-state index contributed by atoms with van der Waals surface area (Å²) >= 11 is 0. The van der Waals surface area contributed by atoms with Crippen LogP contribution in [0.2, 0.25) is 0 Å². The van der Waals surface area contributed by atoms with E-state index < -0.39 is 15.4 Å². The molecule has 0 aliphatic heterocycles. The van der Waals surface area contributed by atoms with E-state index in [9.17, 15) is 8.42 Å². The molecule has 1 N–H and O–H groups in total. The number of benzene rings is 2. The van der Waals surface area contributed by atoms with Crippen LogP contribution in [-0.4, -0.2) is 25.3 Å². The normalized spacial score (nSPS) is 12.1. The van der Waals surface area contributed by atoms with Crippen LogP contribution in [0.4, 0.5) is 0 Å². The Labute approximate surface area is 172 Å². The fraction of sp³-hybridized carbons (Fsp3) is 0.318. The van der Waals surface area contributed by atoms with Crippen LogP contribution in [0.3, 0.4) is 0 Å². The molecule has 3 aromatic rings. The van der Waals surface area contributed by atoms with Crippen LogP contribution in [0.25, 0.3) is 0 Å². The Hall–Kier alpha value is -2.64. The maximum Gasteiger partial charge on any atom is 0.244 e. The average molecular weight is 414 g/mol. The Balaban J connectivity index is 1.90. The Morgan fingerprint density at radius 3 is 2.34 bits per heavy atom. The molecule has 0 aliphatic carbocycles. The van der Waals surface area contributed by atoms with Gasteiger partial charge in [-0.1, -0.05) is 69.3 Å². The molecule has 0 unspecified atom stereocenters. The first-order valence-corrected chi connectivity index (χ1v) is 10.9. The minimum Gasteiger partial charge on any atom is -0.496 e. The summed E-state index contributed by atoms with van der Waals surface area (Å²) in [6.07, 6.45) is 1.61. The number of para-hydroxylation sites is 1. The largest absolute Gasteiger partial charge is 0.496 e. The van der Waals surface area contributed by atoms with Crippen LogP contribution < -0.4 is 9.46 Å². The zero-order valence-electron chi connectivity index (χ0n) is 17.2. The molecule has 0 amide bonds. The van der Waals surface area contributed by atoms with E-state index >= 15 is 0 Å². The van der Waals surface area contributed by atoms with Crippen molar-refractivity contribution in [3.63, 3.8) is 0 Å². The van der Waals surface area contributed by atoms with E-state index in [0.29, 0.717) is 18.0 Å². The number of sulfonamides is 1. The van der Waals surface area contributed by atoms with Gasteiger partial charge >= 0.3 is 0 Å². The topological polar surface area (TPSA) is 73.2 Å². The van der Waals surface area contributed by atoms with Gasteiger partial charge < -0.3 is 4.74 Å². The van der Waals surface area contributed by atoms with Crippen LogP contribution in [0.1, 0.15) is 37.6 Å². The smallest absolute Gasteiger partial charge is 0.244 e. The van der Waals surface area contributed by atoms with Crippen molar-refractivity contribution in [2.75, 3.05) is 7.11 Å². The van der Waals surface area contributed by atoms with E-state index in [0.717, 1.165) is 11.1 Å². The van der Waals surface area contributed by atoms with Gasteiger partial charge in [-0.25, -0.2) is 13.1 Å². The molecule has 29 heavy (non-hydrogen) atoms. The van der Waals surface area contributed by atoms with E-state index in [1.54, 1.807) is 18.0 Å². The maximum absolute atomic E-state index is 13.1. The summed E-state index contributed by atoms with van der Waals surface area (Å²) in [7, 11) is -2.19. The lowest BCUT2D eigenvalue weighted by Gasteiger charge is -2.18. The lowest BCUT2D eigenvalue weighted by molar-refractivity contribution is 0.409. The van der Waals surface area contributed by atoms with Crippen LogP contribution in [0.5, 0.6) is 5.75 Å². The van der Waals surface area contributed by atoms with Crippen molar-refractivity contribution in [2.24, 2.45) is 0 Å². The minimum absolute atomic E-state index is 0.139. The van der Waals surface area contributed by atoms with Crippen molar-refractivity contribution in [3.05, 3.63) is 77.6 Å². The van der Waals surface area contributed by atoms with Crippen molar-refractivity contribution >= 4 is 10.0 Å². The number of rotatable bonds is 7. The summed E-state index contributed by atoms with van der Waals surface area (Å²) in [5.41, 5.74) is 1.95. The molecule has 2 aromatic carbocycles. The van der Waals surface area contributed by atoms with Crippen LogP contribution in [0, 0.1) is 0 Å². The molecule has 0 bridgehead atoms. The summed E-state index contributed by atoms with van der Waals surface area (Å²) < 4.78 is 36.0. The Kier molecular flexibility index (Phi) is 6.10. The van der Waals surface area contributed by atoms with Crippen molar-refractivity contribution < 1.29 is 13.2 Å². The predicted octanol–water partition coefficient (Wildman–Crippen LogP) is 3.72. The Morgan fingerprint density at radius 2 is 1.69 bits per heavy atom. The highest BCUT2D eigenvalue weighted by Crippen LogP contribution is 2.28. The molecule has 7 heteroatoms. The van der Waals surface area contributed by atoms with E-state index in [1.807, 2.05) is 75.4 Å². The van der Waals surface area contributed by atoms with Crippen molar-refractivity contribution in [1.82, 2.24) is 14.5 Å². The number of hydrogen-bond donors (Lipinski definition) is 1. The van der Waals surface area contributed by atoms with E-state index in [-0.39, 0.29) is 11.4 Å². The summed E-state index contributed by atoms with van der Waals surface area (Å²) in [6.45, 7) is 6.52. The van der Waals surface area contributed by atoms with Gasteiger partial charge in [0.1, 0.15) is 10.6 Å². The first-order chi connectivity index (χ1) is 13.7. The standard InChI is InChI=1S/C22H27N3O3S/c1-22(2,3)21-20(16-25(24-21)15-17-10-6-5-7-11-17)29(26,27)23-14-18-12-8-9-13-19(18)28-4/h5-13,16,23H,14-15H2,1-4H3. The number of hydrogen-bond acceptors (Lipinski definition) is 4. The molecule has 1 heterocycles. The van der Waals surface area contributed by atoms with Crippen LogP contribution in [-0.2, 0) is 28.5 Å². The number of aromatic nitrogens is 2. The van der Waals surface area contributed by atoms with E-state index in [4.69, 9.17) is 4.74 Å². The summed E-state index contributed by atoms with van der Waals surface area (Å²) in [6, 6.07) is 17.2. The molecule has 0 saturated heterocycles.